The summed E-state index contributed by atoms with van der Waals surface area (Å²) in [6.07, 6.45) is 5.42. The second kappa shape index (κ2) is 15.7. The number of carboxylic acid groups (broad SMARTS) is 1. The minimum atomic E-state index is -1.04. The number of ether oxygens (including phenoxy) is 1. The zero-order valence-corrected chi connectivity index (χ0v) is 23.7. The van der Waals surface area contributed by atoms with Gasteiger partial charge in [-0.05, 0) is 75.3 Å². The summed E-state index contributed by atoms with van der Waals surface area (Å²) in [5.41, 5.74) is 4.03. The Kier molecular flexibility index (Phi) is 11.4. The zero-order chi connectivity index (χ0) is 28.9. The van der Waals surface area contributed by atoms with Crippen molar-refractivity contribution in [3.05, 3.63) is 77.1 Å². The van der Waals surface area contributed by atoms with Gasteiger partial charge in [-0.1, -0.05) is 36.4 Å². The normalized spacial score (nSPS) is 13.2. The molecule has 4 rings (SSSR count). The van der Waals surface area contributed by atoms with Crippen molar-refractivity contribution in [2.24, 2.45) is 0 Å². The van der Waals surface area contributed by atoms with Gasteiger partial charge < -0.3 is 20.5 Å². The molecule has 1 aliphatic heterocycles. The number of benzene rings is 1. The lowest BCUT2D eigenvalue weighted by atomic mass is 10.1. The molecule has 0 aliphatic carbocycles. The Hall–Kier alpha value is -4.05. The summed E-state index contributed by atoms with van der Waals surface area (Å²) in [5.74, 6) is 0.132. The van der Waals surface area contributed by atoms with E-state index in [1.165, 1.54) is 5.56 Å². The van der Waals surface area contributed by atoms with Gasteiger partial charge in [0, 0.05) is 31.4 Å². The number of rotatable bonds is 16. The van der Waals surface area contributed by atoms with Crippen LogP contribution in [0, 0.1) is 6.92 Å². The second-order valence-corrected chi connectivity index (χ2v) is 10.4. The lowest BCUT2D eigenvalue weighted by Gasteiger charge is -2.24. The Labute approximate surface area is 241 Å². The molecule has 0 spiro atoms. The van der Waals surface area contributed by atoms with E-state index in [0.717, 1.165) is 68.0 Å². The molecule has 1 aromatic carbocycles. The van der Waals surface area contributed by atoms with Crippen LogP contribution in [-0.4, -0.2) is 75.9 Å². The van der Waals surface area contributed by atoms with Crippen LogP contribution in [0.2, 0.25) is 0 Å². The average molecular weight is 561 g/mol. The van der Waals surface area contributed by atoms with E-state index in [0.29, 0.717) is 25.6 Å². The quantitative estimate of drug-likeness (QED) is 0.226. The van der Waals surface area contributed by atoms with E-state index in [1.54, 1.807) is 6.07 Å². The number of fused-ring (bicyclic) bond motifs is 1. The number of anilines is 1. The summed E-state index contributed by atoms with van der Waals surface area (Å²) in [7, 11) is 0. The van der Waals surface area contributed by atoms with Crippen LogP contribution in [0.15, 0.2) is 54.6 Å². The number of aryl methyl sites for hydroxylation is 3. The van der Waals surface area contributed by atoms with Crippen LogP contribution in [-0.2, 0) is 28.9 Å². The van der Waals surface area contributed by atoms with Crippen LogP contribution in [0.5, 0.6) is 5.88 Å². The molecule has 0 radical (unpaired) electrons. The molecular formula is C31H40N6O4. The van der Waals surface area contributed by atoms with Gasteiger partial charge in [0.05, 0.1) is 12.1 Å². The highest BCUT2D eigenvalue weighted by molar-refractivity contribution is 5.84. The third-order valence-electron chi connectivity index (χ3n) is 7.11. The number of hydrogen-bond acceptors (Lipinski definition) is 8. The lowest BCUT2D eigenvalue weighted by molar-refractivity contribution is -0.142. The van der Waals surface area contributed by atoms with Gasteiger partial charge in [0.1, 0.15) is 18.5 Å². The maximum absolute atomic E-state index is 12.5. The molecule has 0 bridgehead atoms. The number of unbranched alkanes of at least 4 members (excludes halogenated alkanes) is 1. The topological polar surface area (TPSA) is 130 Å². The Bertz CT molecular complexity index is 1260. The first-order chi connectivity index (χ1) is 20.0. The highest BCUT2D eigenvalue weighted by atomic mass is 16.5. The number of carbonyl (C=O) groups excluding carboxylic acids is 1. The monoisotopic (exact) mass is 560 g/mol. The van der Waals surface area contributed by atoms with Gasteiger partial charge in [0.25, 0.3) is 0 Å². The lowest BCUT2D eigenvalue weighted by Crippen LogP contribution is -2.44. The fourth-order valence-electron chi connectivity index (χ4n) is 4.82. The van der Waals surface area contributed by atoms with Gasteiger partial charge in [0.2, 0.25) is 11.8 Å². The summed E-state index contributed by atoms with van der Waals surface area (Å²) in [6, 6.07) is 16.3. The van der Waals surface area contributed by atoms with E-state index in [9.17, 15) is 14.7 Å². The molecule has 0 saturated carbocycles. The number of amides is 1. The van der Waals surface area contributed by atoms with Crippen LogP contribution in [0.25, 0.3) is 0 Å². The predicted molar refractivity (Wildman–Crippen MR) is 157 cm³/mol. The van der Waals surface area contributed by atoms with Crippen molar-refractivity contribution in [2.75, 3.05) is 38.1 Å². The molecule has 10 nitrogen and oxygen atoms in total. The van der Waals surface area contributed by atoms with Gasteiger partial charge in [-0.2, -0.15) is 5.10 Å². The fourth-order valence-corrected chi connectivity index (χ4v) is 4.82. The Morgan fingerprint density at radius 1 is 1.05 bits per heavy atom. The highest BCUT2D eigenvalue weighted by Crippen LogP contribution is 2.20. The minimum Gasteiger partial charge on any atom is -0.480 e. The molecule has 3 heterocycles. The molecule has 0 saturated heterocycles. The van der Waals surface area contributed by atoms with Crippen LogP contribution < -0.4 is 15.4 Å². The maximum Gasteiger partial charge on any atom is 0.326 e. The van der Waals surface area contributed by atoms with E-state index in [-0.39, 0.29) is 18.7 Å². The first kappa shape index (κ1) is 29.9. The maximum atomic E-state index is 12.5. The van der Waals surface area contributed by atoms with Crippen LogP contribution in [0.1, 0.15) is 48.2 Å². The summed E-state index contributed by atoms with van der Waals surface area (Å²) in [5, 5.41) is 23.9. The Balaban J connectivity index is 1.28. The number of nitrogens with one attached hydrogen (secondary N) is 2. The van der Waals surface area contributed by atoms with E-state index in [1.807, 2.05) is 43.3 Å². The van der Waals surface area contributed by atoms with Crippen molar-refractivity contribution in [3.63, 3.8) is 0 Å². The number of carbonyl (C=O) groups is 2. The molecule has 41 heavy (non-hydrogen) atoms. The van der Waals surface area contributed by atoms with Crippen molar-refractivity contribution < 1.29 is 19.4 Å². The fraction of sp³-hybridized carbons (Fsp3) is 0.452. The van der Waals surface area contributed by atoms with Gasteiger partial charge in [0.15, 0.2) is 0 Å². The summed E-state index contributed by atoms with van der Waals surface area (Å²) in [4.78, 5) is 31.5. The van der Waals surface area contributed by atoms with Crippen molar-refractivity contribution in [1.29, 1.82) is 0 Å². The molecule has 2 aromatic heterocycles. The third-order valence-corrected chi connectivity index (χ3v) is 7.11. The minimum absolute atomic E-state index is 0.145. The molecule has 3 N–H and O–H groups in total. The number of carboxylic acids is 1. The smallest absolute Gasteiger partial charge is 0.326 e. The summed E-state index contributed by atoms with van der Waals surface area (Å²) in [6.45, 7) is 5.11. The first-order valence-corrected chi connectivity index (χ1v) is 14.4. The number of aromatic nitrogens is 3. The standard InChI is InChI=1S/C31H40N6O4/c1-23-12-15-29(36-35-23)41-21-20-37(18-6-5-11-26-14-13-25-10-7-17-32-30(25)33-26)19-16-27(31(39)40)34-28(38)22-24-8-3-2-4-9-24/h2-4,8-9,12-15,27H,5-7,10-11,16-22H2,1H3,(H,32,33)(H,34,38)(H,39,40)/t27-/m0/s1. The molecule has 10 heteroatoms. The molecular weight excluding hydrogens is 520 g/mol. The summed E-state index contributed by atoms with van der Waals surface area (Å²) < 4.78 is 5.79. The van der Waals surface area contributed by atoms with E-state index >= 15 is 0 Å². The van der Waals surface area contributed by atoms with E-state index < -0.39 is 12.0 Å². The number of aliphatic carboxylic acids is 1. The molecule has 3 aromatic rings. The molecule has 1 atom stereocenters. The van der Waals surface area contributed by atoms with Crippen molar-refractivity contribution in [2.45, 2.75) is 57.9 Å². The van der Waals surface area contributed by atoms with E-state index in [4.69, 9.17) is 9.72 Å². The zero-order valence-electron chi connectivity index (χ0n) is 23.7. The van der Waals surface area contributed by atoms with Gasteiger partial charge in [-0.25, -0.2) is 9.78 Å². The summed E-state index contributed by atoms with van der Waals surface area (Å²) >= 11 is 0. The van der Waals surface area contributed by atoms with Crippen molar-refractivity contribution in [1.82, 2.24) is 25.4 Å². The molecule has 0 fully saturated rings. The number of pyridine rings is 1. The van der Waals surface area contributed by atoms with Gasteiger partial charge >= 0.3 is 5.97 Å². The van der Waals surface area contributed by atoms with Crippen molar-refractivity contribution >= 4 is 17.7 Å². The Morgan fingerprint density at radius 3 is 2.68 bits per heavy atom. The molecule has 218 valence electrons. The molecule has 1 aliphatic rings. The number of hydrogen-bond donors (Lipinski definition) is 3. The van der Waals surface area contributed by atoms with Gasteiger partial charge in [-0.15, -0.1) is 5.10 Å². The third kappa shape index (κ3) is 10.1. The van der Waals surface area contributed by atoms with E-state index in [2.05, 4.69) is 37.9 Å². The van der Waals surface area contributed by atoms with Crippen LogP contribution >= 0.6 is 0 Å². The van der Waals surface area contributed by atoms with Crippen LogP contribution in [0.3, 0.4) is 0 Å². The second-order valence-electron chi connectivity index (χ2n) is 10.4. The average Bonchev–Trinajstić information content (AvgIpc) is 2.98. The first-order valence-electron chi connectivity index (χ1n) is 14.4. The number of nitrogens with zero attached hydrogens (tertiary/aromatic N) is 4. The highest BCUT2D eigenvalue weighted by Gasteiger charge is 2.21. The molecule has 1 amide bonds. The largest absolute Gasteiger partial charge is 0.480 e. The van der Waals surface area contributed by atoms with Crippen molar-refractivity contribution in [3.8, 4) is 5.88 Å². The molecule has 0 unspecified atom stereocenters. The SMILES string of the molecule is Cc1ccc(OCCN(CCCCc2ccc3c(n2)NCCC3)CC[C@H](NC(=O)Cc2ccccc2)C(=O)O)nn1. The Morgan fingerprint density at radius 2 is 1.90 bits per heavy atom. The van der Waals surface area contributed by atoms with Crippen LogP contribution in [0.4, 0.5) is 5.82 Å². The predicted octanol–water partition coefficient (Wildman–Crippen LogP) is 3.44. The van der Waals surface area contributed by atoms with Gasteiger partial charge in [-0.3, -0.25) is 9.69 Å².